The van der Waals surface area contributed by atoms with Crippen molar-refractivity contribution in [3.63, 3.8) is 0 Å². The van der Waals surface area contributed by atoms with Crippen LogP contribution in [0.15, 0.2) is 137 Å². The molecule has 0 saturated heterocycles. The average molecular weight is 507 g/mol. The second-order valence-corrected chi connectivity index (χ2v) is 9.20. The van der Waals surface area contributed by atoms with E-state index in [9.17, 15) is 4.79 Å². The highest BCUT2D eigenvalue weighted by atomic mass is 16.4. The quantitative estimate of drug-likeness (QED) is 0.247. The van der Waals surface area contributed by atoms with Crippen LogP contribution in [0.1, 0.15) is 0 Å². The van der Waals surface area contributed by atoms with Crippen LogP contribution >= 0.6 is 0 Å². The summed E-state index contributed by atoms with van der Waals surface area (Å²) in [7, 11) is 0. The molecule has 1 N–H and O–H groups in total. The number of nitrogens with zero attached hydrogens (tertiary/aromatic N) is 3. The van der Waals surface area contributed by atoms with Crippen LogP contribution in [-0.2, 0) is 0 Å². The third kappa shape index (κ3) is 4.14. The first-order valence-electron chi connectivity index (χ1n) is 12.6. The molecule has 186 valence electrons. The molecule has 39 heavy (non-hydrogen) atoms. The van der Waals surface area contributed by atoms with Gasteiger partial charge in [0.15, 0.2) is 0 Å². The molecular formula is C33H22N4O2. The average Bonchev–Trinajstić information content (AvgIpc) is 3.64. The van der Waals surface area contributed by atoms with Crippen LogP contribution in [0.3, 0.4) is 0 Å². The molecular weight excluding hydrogens is 484 g/mol. The highest BCUT2D eigenvalue weighted by molar-refractivity contribution is 5.87. The van der Waals surface area contributed by atoms with Gasteiger partial charge in [-0.05, 0) is 24.3 Å². The first kappa shape index (κ1) is 22.7. The van der Waals surface area contributed by atoms with Gasteiger partial charge in [0.05, 0.1) is 28.2 Å². The standard InChI is InChI=1S/C33H22N4O2/c38-33-26(20-24-16-10-11-19-28(24)39-33)31-27(21-37(36-31)25-17-8-3-9-18-25)32-34-29(22-12-4-1-5-13-22)30(35-32)23-14-6-2-7-15-23/h1-21H,(H,34,35). The highest BCUT2D eigenvalue weighted by Gasteiger charge is 2.23. The minimum Gasteiger partial charge on any atom is -0.422 e. The molecule has 6 nitrogen and oxygen atoms in total. The third-order valence-electron chi connectivity index (χ3n) is 6.70. The largest absolute Gasteiger partial charge is 0.422 e. The molecule has 0 bridgehead atoms. The molecule has 0 aliphatic rings. The van der Waals surface area contributed by atoms with Crippen LogP contribution in [-0.4, -0.2) is 19.7 Å². The molecule has 6 heteroatoms. The van der Waals surface area contributed by atoms with Crippen LogP contribution in [0.5, 0.6) is 0 Å². The summed E-state index contributed by atoms with van der Waals surface area (Å²) in [6.45, 7) is 0. The van der Waals surface area contributed by atoms with Crippen LogP contribution in [0.25, 0.3) is 61.8 Å². The van der Waals surface area contributed by atoms with E-state index in [0.29, 0.717) is 28.2 Å². The van der Waals surface area contributed by atoms with Gasteiger partial charge in [0.25, 0.3) is 0 Å². The van der Waals surface area contributed by atoms with E-state index in [4.69, 9.17) is 14.5 Å². The van der Waals surface area contributed by atoms with Crippen molar-refractivity contribution in [1.29, 1.82) is 0 Å². The Bertz CT molecular complexity index is 1910. The number of imidazole rings is 1. The lowest BCUT2D eigenvalue weighted by atomic mass is 10.1. The van der Waals surface area contributed by atoms with Crippen molar-refractivity contribution in [1.82, 2.24) is 19.7 Å². The van der Waals surface area contributed by atoms with E-state index in [2.05, 4.69) is 17.1 Å². The van der Waals surface area contributed by atoms with E-state index in [1.165, 1.54) is 0 Å². The van der Waals surface area contributed by atoms with Gasteiger partial charge in [-0.15, -0.1) is 0 Å². The van der Waals surface area contributed by atoms with Crippen LogP contribution in [0, 0.1) is 0 Å². The number of rotatable bonds is 5. The zero-order chi connectivity index (χ0) is 26.2. The van der Waals surface area contributed by atoms with Crippen molar-refractivity contribution in [2.75, 3.05) is 0 Å². The minimum absolute atomic E-state index is 0.373. The first-order chi connectivity index (χ1) is 19.2. The zero-order valence-corrected chi connectivity index (χ0v) is 20.8. The Labute approximate surface area is 223 Å². The zero-order valence-electron chi connectivity index (χ0n) is 20.8. The Morgan fingerprint density at radius 1 is 0.667 bits per heavy atom. The second kappa shape index (κ2) is 9.43. The first-order valence-corrected chi connectivity index (χ1v) is 12.6. The Balaban J connectivity index is 1.49. The maximum atomic E-state index is 13.2. The summed E-state index contributed by atoms with van der Waals surface area (Å²) < 4.78 is 7.46. The van der Waals surface area contributed by atoms with E-state index in [-0.39, 0.29) is 0 Å². The third-order valence-corrected chi connectivity index (χ3v) is 6.70. The van der Waals surface area contributed by atoms with Gasteiger partial charge in [-0.1, -0.05) is 97.1 Å². The number of aromatic nitrogens is 4. The summed E-state index contributed by atoms with van der Waals surface area (Å²) in [5.74, 6) is 0.609. The van der Waals surface area contributed by atoms with Gasteiger partial charge in [0.1, 0.15) is 17.1 Å². The molecule has 0 aliphatic heterocycles. The van der Waals surface area contributed by atoms with Crippen LogP contribution in [0.4, 0.5) is 0 Å². The molecule has 3 aromatic heterocycles. The summed E-state index contributed by atoms with van der Waals surface area (Å²) in [5, 5.41) is 5.70. The maximum absolute atomic E-state index is 13.2. The lowest BCUT2D eigenvalue weighted by molar-refractivity contribution is 0.563. The topological polar surface area (TPSA) is 76.7 Å². The van der Waals surface area contributed by atoms with E-state index < -0.39 is 5.63 Å². The fraction of sp³-hybridized carbons (Fsp3) is 0. The van der Waals surface area contributed by atoms with Crippen LogP contribution < -0.4 is 5.63 Å². The number of nitrogens with one attached hydrogen (secondary N) is 1. The Kier molecular flexibility index (Phi) is 5.49. The number of fused-ring (bicyclic) bond motifs is 1. The molecule has 3 heterocycles. The number of hydrogen-bond acceptors (Lipinski definition) is 4. The van der Waals surface area contributed by atoms with Gasteiger partial charge in [-0.2, -0.15) is 5.10 Å². The molecule has 0 fully saturated rings. The fourth-order valence-corrected chi connectivity index (χ4v) is 4.81. The number of hydrogen-bond donors (Lipinski definition) is 1. The van der Waals surface area contributed by atoms with Gasteiger partial charge in [-0.3, -0.25) is 0 Å². The van der Waals surface area contributed by atoms with E-state index >= 15 is 0 Å². The van der Waals surface area contributed by atoms with Crippen molar-refractivity contribution in [2.45, 2.75) is 0 Å². The summed E-state index contributed by atoms with van der Waals surface area (Å²) in [5.41, 5.74) is 6.22. The molecule has 7 rings (SSSR count). The van der Waals surface area contributed by atoms with E-state index in [1.54, 1.807) is 10.7 Å². The maximum Gasteiger partial charge on any atom is 0.345 e. The van der Waals surface area contributed by atoms with Crippen molar-refractivity contribution in [2.24, 2.45) is 0 Å². The number of H-pyrrole nitrogens is 1. The van der Waals surface area contributed by atoms with Crippen molar-refractivity contribution in [3.8, 4) is 50.8 Å². The summed E-state index contributed by atoms with van der Waals surface area (Å²) >= 11 is 0. The Hall–Kier alpha value is -5.49. The number of aromatic amines is 1. The van der Waals surface area contributed by atoms with Gasteiger partial charge in [0, 0.05) is 22.7 Å². The predicted octanol–water partition coefficient (Wildman–Crippen LogP) is 7.37. The van der Waals surface area contributed by atoms with Crippen molar-refractivity contribution < 1.29 is 4.42 Å². The Morgan fingerprint density at radius 3 is 2.05 bits per heavy atom. The molecule has 0 spiro atoms. The van der Waals surface area contributed by atoms with Crippen molar-refractivity contribution in [3.05, 3.63) is 138 Å². The van der Waals surface area contributed by atoms with Gasteiger partial charge in [-0.25, -0.2) is 14.5 Å². The Morgan fingerprint density at radius 2 is 1.31 bits per heavy atom. The molecule has 0 radical (unpaired) electrons. The second-order valence-electron chi connectivity index (χ2n) is 9.20. The van der Waals surface area contributed by atoms with E-state index in [1.807, 2.05) is 109 Å². The molecule has 0 unspecified atom stereocenters. The van der Waals surface area contributed by atoms with Gasteiger partial charge >= 0.3 is 5.63 Å². The molecule has 4 aromatic carbocycles. The SMILES string of the molecule is O=c1oc2ccccc2cc1-c1nn(-c2ccccc2)cc1-c1nc(-c2ccccc2)c(-c2ccccc2)[nH]1. The molecule has 0 atom stereocenters. The number of para-hydroxylation sites is 2. The molecule has 0 saturated carbocycles. The lowest BCUT2D eigenvalue weighted by Crippen LogP contribution is -2.04. The fourth-order valence-electron chi connectivity index (χ4n) is 4.81. The smallest absolute Gasteiger partial charge is 0.345 e. The normalized spacial score (nSPS) is 11.2. The van der Waals surface area contributed by atoms with Gasteiger partial charge < -0.3 is 9.40 Å². The minimum atomic E-state index is -0.452. The molecule has 0 amide bonds. The monoisotopic (exact) mass is 506 g/mol. The van der Waals surface area contributed by atoms with E-state index in [0.717, 1.165) is 33.6 Å². The predicted molar refractivity (Wildman–Crippen MR) is 153 cm³/mol. The summed E-state index contributed by atoms with van der Waals surface area (Å²) in [6, 6.07) is 39.3. The highest BCUT2D eigenvalue weighted by Crippen LogP contribution is 2.36. The summed E-state index contributed by atoms with van der Waals surface area (Å²) in [6.07, 6.45) is 1.90. The molecule has 7 aromatic rings. The number of benzene rings is 4. The van der Waals surface area contributed by atoms with Crippen molar-refractivity contribution >= 4 is 11.0 Å². The lowest BCUT2D eigenvalue weighted by Gasteiger charge is -2.02. The molecule has 0 aliphatic carbocycles. The summed E-state index contributed by atoms with van der Waals surface area (Å²) in [4.78, 5) is 21.8. The van der Waals surface area contributed by atoms with Crippen LogP contribution in [0.2, 0.25) is 0 Å². The van der Waals surface area contributed by atoms with Gasteiger partial charge in [0.2, 0.25) is 0 Å².